The van der Waals surface area contributed by atoms with Crippen LogP contribution in [0, 0.1) is 0 Å². The van der Waals surface area contributed by atoms with Crippen LogP contribution in [0.4, 0.5) is 0 Å². The Morgan fingerprint density at radius 3 is 2.89 bits per heavy atom. The van der Waals surface area contributed by atoms with Crippen LogP contribution in [-0.4, -0.2) is 34.4 Å². The highest BCUT2D eigenvalue weighted by Crippen LogP contribution is 2.22. The van der Waals surface area contributed by atoms with E-state index in [2.05, 4.69) is 51.6 Å². The van der Waals surface area contributed by atoms with Crippen molar-refractivity contribution in [2.45, 2.75) is 12.8 Å². The first-order chi connectivity index (χ1) is 9.31. The van der Waals surface area contributed by atoms with E-state index in [1.54, 1.807) is 0 Å². The summed E-state index contributed by atoms with van der Waals surface area (Å²) < 4.78 is 4.48. The maximum absolute atomic E-state index is 4.68. The van der Waals surface area contributed by atoms with Crippen LogP contribution in [0.2, 0.25) is 0 Å². The maximum atomic E-state index is 4.68. The minimum Gasteiger partial charge on any atom is -0.302 e. The van der Waals surface area contributed by atoms with Gasteiger partial charge < -0.3 is 4.90 Å². The van der Waals surface area contributed by atoms with E-state index < -0.39 is 0 Å². The quantitative estimate of drug-likeness (QED) is 0.859. The minimum atomic E-state index is 0.820. The first-order valence-electron chi connectivity index (χ1n) is 6.56. The van der Waals surface area contributed by atoms with E-state index in [0.29, 0.717) is 0 Å². The van der Waals surface area contributed by atoms with Crippen LogP contribution in [0.15, 0.2) is 36.4 Å². The summed E-state index contributed by atoms with van der Waals surface area (Å²) in [4.78, 5) is 7.00. The average molecular weight is 271 g/mol. The van der Waals surface area contributed by atoms with E-state index in [-0.39, 0.29) is 0 Å². The van der Waals surface area contributed by atoms with Crippen molar-refractivity contribution in [3.8, 4) is 0 Å². The zero-order valence-electron chi connectivity index (χ0n) is 11.0. The molecule has 19 heavy (non-hydrogen) atoms. The molecule has 2 aromatic rings. The standard InChI is InChI=1S/C15H17N3S/c1-18-9-5-8-13(11-18)15-16-14(17-19-15)10-12-6-3-2-4-7-12/h2-4,6-8H,5,9-11H2,1H3. The van der Waals surface area contributed by atoms with Crippen LogP contribution in [-0.2, 0) is 6.42 Å². The number of nitrogens with zero attached hydrogens (tertiary/aromatic N) is 3. The number of hydrogen-bond acceptors (Lipinski definition) is 4. The topological polar surface area (TPSA) is 29.0 Å². The van der Waals surface area contributed by atoms with Gasteiger partial charge in [-0.3, -0.25) is 0 Å². The first-order valence-corrected chi connectivity index (χ1v) is 7.33. The van der Waals surface area contributed by atoms with E-state index in [4.69, 9.17) is 0 Å². The molecule has 0 radical (unpaired) electrons. The third kappa shape index (κ3) is 3.08. The highest BCUT2D eigenvalue weighted by Gasteiger charge is 2.14. The Kier molecular flexibility index (Phi) is 3.71. The largest absolute Gasteiger partial charge is 0.302 e. The highest BCUT2D eigenvalue weighted by atomic mass is 32.1. The average Bonchev–Trinajstić information content (AvgIpc) is 2.88. The summed E-state index contributed by atoms with van der Waals surface area (Å²) in [6.45, 7) is 2.12. The van der Waals surface area contributed by atoms with Crippen molar-refractivity contribution in [3.05, 3.63) is 52.8 Å². The van der Waals surface area contributed by atoms with E-state index in [0.717, 1.165) is 36.8 Å². The highest BCUT2D eigenvalue weighted by molar-refractivity contribution is 7.06. The Hall–Kier alpha value is -1.52. The summed E-state index contributed by atoms with van der Waals surface area (Å²) in [5, 5.41) is 1.08. The third-order valence-corrected chi connectivity index (χ3v) is 4.12. The summed E-state index contributed by atoms with van der Waals surface area (Å²) in [6, 6.07) is 10.4. The lowest BCUT2D eigenvalue weighted by atomic mass is 10.1. The molecule has 4 heteroatoms. The fourth-order valence-electron chi connectivity index (χ4n) is 2.28. The molecule has 3 rings (SSSR count). The van der Waals surface area contributed by atoms with Crippen molar-refractivity contribution >= 4 is 17.1 Å². The van der Waals surface area contributed by atoms with Gasteiger partial charge in [-0.15, -0.1) is 0 Å². The number of benzene rings is 1. The number of rotatable bonds is 3. The van der Waals surface area contributed by atoms with Gasteiger partial charge in [0.25, 0.3) is 0 Å². The van der Waals surface area contributed by atoms with Gasteiger partial charge in [0.1, 0.15) is 10.8 Å². The summed E-state index contributed by atoms with van der Waals surface area (Å²) in [5.74, 6) is 0.931. The lowest BCUT2D eigenvalue weighted by Gasteiger charge is -2.21. The predicted molar refractivity (Wildman–Crippen MR) is 79.2 cm³/mol. The lowest BCUT2D eigenvalue weighted by molar-refractivity contribution is 0.373. The summed E-state index contributed by atoms with van der Waals surface area (Å²) in [7, 11) is 2.15. The van der Waals surface area contributed by atoms with Gasteiger partial charge >= 0.3 is 0 Å². The predicted octanol–water partition coefficient (Wildman–Crippen LogP) is 2.85. The van der Waals surface area contributed by atoms with Gasteiger partial charge in [-0.2, -0.15) is 4.37 Å². The van der Waals surface area contributed by atoms with Gasteiger partial charge in [0.2, 0.25) is 0 Å². The second-order valence-corrected chi connectivity index (χ2v) is 5.69. The third-order valence-electron chi connectivity index (χ3n) is 3.29. The van der Waals surface area contributed by atoms with E-state index in [1.807, 2.05) is 6.07 Å². The molecule has 2 heterocycles. The van der Waals surface area contributed by atoms with E-state index in [9.17, 15) is 0 Å². The first kappa shape index (κ1) is 12.5. The maximum Gasteiger partial charge on any atom is 0.147 e. The fraction of sp³-hybridized carbons (Fsp3) is 0.333. The van der Waals surface area contributed by atoms with Crippen LogP contribution in [0.1, 0.15) is 22.8 Å². The van der Waals surface area contributed by atoms with Crippen molar-refractivity contribution in [2.75, 3.05) is 20.1 Å². The summed E-state index contributed by atoms with van der Waals surface area (Å²) in [6.07, 6.45) is 4.23. The van der Waals surface area contributed by atoms with Gasteiger partial charge in [0, 0.05) is 19.5 Å². The zero-order chi connectivity index (χ0) is 13.1. The van der Waals surface area contributed by atoms with Crippen LogP contribution >= 0.6 is 11.5 Å². The number of hydrogen-bond donors (Lipinski definition) is 0. The Morgan fingerprint density at radius 1 is 1.26 bits per heavy atom. The molecule has 0 N–H and O–H groups in total. The van der Waals surface area contributed by atoms with Crippen LogP contribution in [0.3, 0.4) is 0 Å². The Balaban J connectivity index is 1.75. The van der Waals surface area contributed by atoms with E-state index in [1.165, 1.54) is 22.7 Å². The normalized spacial score (nSPS) is 16.4. The van der Waals surface area contributed by atoms with E-state index >= 15 is 0 Å². The van der Waals surface area contributed by atoms with Crippen molar-refractivity contribution in [1.82, 2.24) is 14.3 Å². The molecule has 0 saturated carbocycles. The van der Waals surface area contributed by atoms with Gasteiger partial charge in [-0.05, 0) is 36.1 Å². The van der Waals surface area contributed by atoms with Gasteiger partial charge in [0.15, 0.2) is 0 Å². The Labute approximate surface area is 117 Å². The molecular formula is C15H17N3S. The second-order valence-electron chi connectivity index (χ2n) is 4.93. The van der Waals surface area contributed by atoms with Crippen molar-refractivity contribution < 1.29 is 0 Å². The van der Waals surface area contributed by atoms with Crippen molar-refractivity contribution in [3.63, 3.8) is 0 Å². The Morgan fingerprint density at radius 2 is 2.11 bits per heavy atom. The fourth-order valence-corrected chi connectivity index (χ4v) is 2.99. The SMILES string of the molecule is CN1CCC=C(c2nc(Cc3ccccc3)ns2)C1. The molecule has 3 nitrogen and oxygen atoms in total. The van der Waals surface area contributed by atoms with Crippen LogP contribution < -0.4 is 0 Å². The molecule has 1 aliphatic heterocycles. The molecule has 0 unspecified atom stereocenters. The molecule has 0 amide bonds. The van der Waals surface area contributed by atoms with Crippen molar-refractivity contribution in [1.29, 1.82) is 0 Å². The molecule has 0 aliphatic carbocycles. The van der Waals surface area contributed by atoms with Crippen LogP contribution in [0.5, 0.6) is 0 Å². The monoisotopic (exact) mass is 271 g/mol. The molecule has 0 spiro atoms. The molecule has 0 fully saturated rings. The molecular weight excluding hydrogens is 254 g/mol. The van der Waals surface area contributed by atoms with Crippen LogP contribution in [0.25, 0.3) is 5.57 Å². The molecule has 0 saturated heterocycles. The Bertz CT molecular complexity index is 574. The smallest absolute Gasteiger partial charge is 0.147 e. The number of likely N-dealkylation sites (N-methyl/N-ethyl adjacent to an activating group) is 1. The van der Waals surface area contributed by atoms with Crippen molar-refractivity contribution in [2.24, 2.45) is 0 Å². The minimum absolute atomic E-state index is 0.820. The number of aromatic nitrogens is 2. The molecule has 1 aliphatic rings. The molecule has 98 valence electrons. The molecule has 0 atom stereocenters. The van der Waals surface area contributed by atoms with Gasteiger partial charge in [-0.25, -0.2) is 4.98 Å². The molecule has 1 aromatic heterocycles. The molecule has 1 aromatic carbocycles. The second kappa shape index (κ2) is 5.63. The zero-order valence-corrected chi connectivity index (χ0v) is 11.9. The van der Waals surface area contributed by atoms with Gasteiger partial charge in [0.05, 0.1) is 0 Å². The molecule has 0 bridgehead atoms. The van der Waals surface area contributed by atoms with Gasteiger partial charge in [-0.1, -0.05) is 36.4 Å². The summed E-state index contributed by atoms with van der Waals surface area (Å²) >= 11 is 1.52. The lowest BCUT2D eigenvalue weighted by Crippen LogP contribution is -2.24. The summed E-state index contributed by atoms with van der Waals surface area (Å²) in [5.41, 5.74) is 2.59.